The number of hydrogen-bond donors (Lipinski definition) is 2. The molecule has 0 spiro atoms. The van der Waals surface area contributed by atoms with Crippen LogP contribution < -0.4 is 10.2 Å². The van der Waals surface area contributed by atoms with Crippen LogP contribution in [-0.4, -0.2) is 28.6 Å². The predicted octanol–water partition coefficient (Wildman–Crippen LogP) is 3.44. The Hall–Kier alpha value is -2.93. The first-order valence-electron chi connectivity index (χ1n) is 7.64. The predicted molar refractivity (Wildman–Crippen MR) is 98.5 cm³/mol. The lowest BCUT2D eigenvalue weighted by Gasteiger charge is -2.28. The molecule has 1 aliphatic heterocycles. The molecule has 2 amide bonds. The van der Waals surface area contributed by atoms with Gasteiger partial charge in [-0.05, 0) is 30.3 Å². The summed E-state index contributed by atoms with van der Waals surface area (Å²) in [7, 11) is 0. The maximum absolute atomic E-state index is 12.9. The first-order chi connectivity index (χ1) is 12.1. The van der Waals surface area contributed by atoms with E-state index in [4.69, 9.17) is 0 Å². The van der Waals surface area contributed by atoms with Crippen LogP contribution in [0.3, 0.4) is 0 Å². The Bertz CT molecular complexity index is 965. The molecule has 2 N–H and O–H groups in total. The van der Waals surface area contributed by atoms with Crippen LogP contribution in [-0.2, 0) is 4.79 Å². The molecule has 25 heavy (non-hydrogen) atoms. The first kappa shape index (κ1) is 15.6. The van der Waals surface area contributed by atoms with Crippen molar-refractivity contribution >= 4 is 39.1 Å². The monoisotopic (exact) mass is 396 g/mol. The maximum atomic E-state index is 12.9. The number of hydrogen-bond acceptors (Lipinski definition) is 3. The highest BCUT2D eigenvalue weighted by Gasteiger charge is 2.28. The van der Waals surface area contributed by atoms with E-state index in [0.717, 1.165) is 10.0 Å². The third-order valence-corrected chi connectivity index (χ3v) is 4.49. The lowest BCUT2D eigenvalue weighted by Crippen LogP contribution is -2.42. The lowest BCUT2D eigenvalue weighted by atomic mass is 10.1. The van der Waals surface area contributed by atoms with Gasteiger partial charge in [-0.25, -0.2) is 0 Å². The van der Waals surface area contributed by atoms with Gasteiger partial charge in [0.05, 0.1) is 17.1 Å². The summed E-state index contributed by atoms with van der Waals surface area (Å²) in [6.07, 6.45) is 0. The molecule has 1 aromatic heterocycles. The summed E-state index contributed by atoms with van der Waals surface area (Å²) in [5.41, 5.74) is 3.20. The molecule has 3 aromatic rings. The van der Waals surface area contributed by atoms with Gasteiger partial charge in [0.15, 0.2) is 0 Å². The standard InChI is InChI=1S/C18H13BrN4O2/c19-12-7-5-11(6-8-12)14-9-15(22-21-14)18(25)23-10-17(24)20-13-3-1-2-4-16(13)23/h1-9H,10H2,(H,20,24)(H,21,22). The molecule has 0 aliphatic carbocycles. The van der Waals surface area contributed by atoms with Crippen molar-refractivity contribution in [1.82, 2.24) is 10.2 Å². The van der Waals surface area contributed by atoms with Crippen molar-refractivity contribution in [2.75, 3.05) is 16.8 Å². The summed E-state index contributed by atoms with van der Waals surface area (Å²) in [6, 6.07) is 16.6. The Kier molecular flexibility index (Phi) is 3.85. The van der Waals surface area contributed by atoms with Crippen LogP contribution >= 0.6 is 15.9 Å². The minimum atomic E-state index is -0.293. The summed E-state index contributed by atoms with van der Waals surface area (Å²) in [5, 5.41) is 9.77. The topological polar surface area (TPSA) is 78.1 Å². The molecule has 0 fully saturated rings. The van der Waals surface area contributed by atoms with E-state index in [1.165, 1.54) is 4.90 Å². The highest BCUT2D eigenvalue weighted by atomic mass is 79.9. The molecular formula is C18H13BrN4O2. The molecule has 0 saturated heterocycles. The maximum Gasteiger partial charge on any atom is 0.276 e. The van der Waals surface area contributed by atoms with Crippen molar-refractivity contribution in [2.24, 2.45) is 0 Å². The van der Waals surface area contributed by atoms with E-state index < -0.39 is 0 Å². The molecule has 0 saturated carbocycles. The van der Waals surface area contributed by atoms with Gasteiger partial charge in [0.2, 0.25) is 5.91 Å². The third-order valence-electron chi connectivity index (χ3n) is 3.96. The van der Waals surface area contributed by atoms with Crippen molar-refractivity contribution < 1.29 is 9.59 Å². The van der Waals surface area contributed by atoms with E-state index in [1.807, 2.05) is 36.4 Å². The minimum Gasteiger partial charge on any atom is -0.323 e. The Balaban J connectivity index is 1.66. The lowest BCUT2D eigenvalue weighted by molar-refractivity contribution is -0.115. The number of nitrogens with one attached hydrogen (secondary N) is 2. The van der Waals surface area contributed by atoms with Crippen LogP contribution in [0.25, 0.3) is 11.3 Å². The fourth-order valence-corrected chi connectivity index (χ4v) is 3.02. The SMILES string of the molecule is O=C1CN(C(=O)c2cc(-c3ccc(Br)cc3)n[nH]2)c2ccccc2N1. The minimum absolute atomic E-state index is 0.0253. The van der Waals surface area contributed by atoms with Gasteiger partial charge in [0.1, 0.15) is 12.2 Å². The molecule has 2 aromatic carbocycles. The summed E-state index contributed by atoms with van der Waals surface area (Å²) >= 11 is 3.39. The van der Waals surface area contributed by atoms with E-state index in [9.17, 15) is 9.59 Å². The van der Waals surface area contributed by atoms with Crippen LogP contribution in [0.4, 0.5) is 11.4 Å². The molecular weight excluding hydrogens is 384 g/mol. The molecule has 6 nitrogen and oxygen atoms in total. The first-order valence-corrected chi connectivity index (χ1v) is 8.43. The van der Waals surface area contributed by atoms with Crippen molar-refractivity contribution in [1.29, 1.82) is 0 Å². The van der Waals surface area contributed by atoms with E-state index in [2.05, 4.69) is 31.4 Å². The summed E-state index contributed by atoms with van der Waals surface area (Å²) in [4.78, 5) is 26.2. The Morgan fingerprint density at radius 2 is 1.88 bits per heavy atom. The fourth-order valence-electron chi connectivity index (χ4n) is 2.76. The van der Waals surface area contributed by atoms with E-state index in [-0.39, 0.29) is 18.4 Å². The molecule has 7 heteroatoms. The zero-order valence-corrected chi connectivity index (χ0v) is 14.6. The number of amides is 2. The van der Waals surface area contributed by atoms with Gasteiger partial charge in [-0.1, -0.05) is 40.2 Å². The van der Waals surface area contributed by atoms with Gasteiger partial charge in [0, 0.05) is 10.0 Å². The average molecular weight is 397 g/mol. The van der Waals surface area contributed by atoms with E-state index >= 15 is 0 Å². The number of para-hydroxylation sites is 2. The van der Waals surface area contributed by atoms with E-state index in [1.54, 1.807) is 18.2 Å². The number of halogens is 1. The van der Waals surface area contributed by atoms with Crippen molar-refractivity contribution in [2.45, 2.75) is 0 Å². The number of carbonyl (C=O) groups excluding carboxylic acids is 2. The van der Waals surface area contributed by atoms with Gasteiger partial charge in [0.25, 0.3) is 5.91 Å². The molecule has 0 atom stereocenters. The second-order valence-electron chi connectivity index (χ2n) is 5.63. The largest absolute Gasteiger partial charge is 0.323 e. The Morgan fingerprint density at radius 3 is 2.68 bits per heavy atom. The number of fused-ring (bicyclic) bond motifs is 1. The normalized spacial score (nSPS) is 13.3. The number of anilines is 2. The molecule has 2 heterocycles. The fraction of sp³-hybridized carbons (Fsp3) is 0.0556. The molecule has 0 radical (unpaired) electrons. The van der Waals surface area contributed by atoms with Gasteiger partial charge in [-0.3, -0.25) is 19.6 Å². The molecule has 4 rings (SSSR count). The number of aromatic amines is 1. The second kappa shape index (κ2) is 6.18. The zero-order chi connectivity index (χ0) is 17.4. The molecule has 0 unspecified atom stereocenters. The number of benzene rings is 2. The van der Waals surface area contributed by atoms with Crippen LogP contribution in [0, 0.1) is 0 Å². The molecule has 0 bridgehead atoms. The zero-order valence-electron chi connectivity index (χ0n) is 13.0. The van der Waals surface area contributed by atoms with Gasteiger partial charge in [-0.15, -0.1) is 0 Å². The number of nitrogens with zero attached hydrogens (tertiary/aromatic N) is 2. The summed E-state index contributed by atoms with van der Waals surface area (Å²) in [5.74, 6) is -0.516. The number of rotatable bonds is 2. The van der Waals surface area contributed by atoms with Gasteiger partial charge in [-0.2, -0.15) is 5.10 Å². The number of aromatic nitrogens is 2. The molecule has 1 aliphatic rings. The summed E-state index contributed by atoms with van der Waals surface area (Å²) in [6.45, 7) is -0.0253. The third kappa shape index (κ3) is 2.94. The number of H-pyrrole nitrogens is 1. The smallest absolute Gasteiger partial charge is 0.276 e. The Morgan fingerprint density at radius 1 is 1.12 bits per heavy atom. The van der Waals surface area contributed by atoms with Crippen LogP contribution in [0.15, 0.2) is 59.1 Å². The van der Waals surface area contributed by atoms with Gasteiger partial charge < -0.3 is 5.32 Å². The van der Waals surface area contributed by atoms with Crippen molar-refractivity contribution in [3.8, 4) is 11.3 Å². The van der Waals surface area contributed by atoms with Crippen LogP contribution in [0.5, 0.6) is 0 Å². The van der Waals surface area contributed by atoms with E-state index in [0.29, 0.717) is 22.8 Å². The quantitative estimate of drug-likeness (QED) is 0.696. The highest BCUT2D eigenvalue weighted by molar-refractivity contribution is 9.10. The van der Waals surface area contributed by atoms with Crippen LogP contribution in [0.1, 0.15) is 10.5 Å². The highest BCUT2D eigenvalue weighted by Crippen LogP contribution is 2.30. The Labute approximate surface area is 152 Å². The average Bonchev–Trinajstić information content (AvgIpc) is 3.11. The summed E-state index contributed by atoms with van der Waals surface area (Å²) < 4.78 is 0.971. The van der Waals surface area contributed by atoms with Crippen LogP contribution in [0.2, 0.25) is 0 Å². The van der Waals surface area contributed by atoms with Gasteiger partial charge >= 0.3 is 0 Å². The molecule has 124 valence electrons. The number of carbonyl (C=O) groups is 2. The van der Waals surface area contributed by atoms with Crippen molar-refractivity contribution in [3.63, 3.8) is 0 Å². The van der Waals surface area contributed by atoms with Crippen molar-refractivity contribution in [3.05, 3.63) is 64.8 Å². The second-order valence-corrected chi connectivity index (χ2v) is 6.55.